The second-order valence-electron chi connectivity index (χ2n) is 5.25. The van der Waals surface area contributed by atoms with Gasteiger partial charge in [-0.15, -0.1) is 0 Å². The second-order valence-corrected chi connectivity index (χ2v) is 5.61. The van der Waals surface area contributed by atoms with Crippen LogP contribution in [0.2, 0.25) is 5.15 Å². The molecule has 1 aromatic heterocycles. The second kappa shape index (κ2) is 5.66. The quantitative estimate of drug-likeness (QED) is 0.731. The molecule has 0 saturated carbocycles. The third kappa shape index (κ3) is 2.68. The van der Waals surface area contributed by atoms with Crippen molar-refractivity contribution >= 4 is 11.6 Å². The number of phenolic OH excluding ortho intramolecular Hbond substituents is 1. The first-order valence-corrected chi connectivity index (χ1v) is 7.26. The van der Waals surface area contributed by atoms with Crippen molar-refractivity contribution in [2.24, 2.45) is 0 Å². The van der Waals surface area contributed by atoms with Crippen molar-refractivity contribution in [2.45, 2.75) is 13.8 Å². The van der Waals surface area contributed by atoms with Crippen LogP contribution in [0.4, 0.5) is 8.78 Å². The van der Waals surface area contributed by atoms with Gasteiger partial charge in [-0.05, 0) is 26.0 Å². The summed E-state index contributed by atoms with van der Waals surface area (Å²) in [6, 6.07) is 9.10. The Bertz CT molecular complexity index is 865. The van der Waals surface area contributed by atoms with Gasteiger partial charge in [-0.3, -0.25) is 4.57 Å². The Kier molecular flexibility index (Phi) is 3.82. The maximum absolute atomic E-state index is 14.2. The highest BCUT2D eigenvalue weighted by atomic mass is 35.5. The van der Waals surface area contributed by atoms with Crippen molar-refractivity contribution in [3.8, 4) is 22.7 Å². The zero-order valence-electron chi connectivity index (χ0n) is 12.4. The summed E-state index contributed by atoms with van der Waals surface area (Å²) in [6.07, 6.45) is 0. The topological polar surface area (TPSA) is 38.0 Å². The van der Waals surface area contributed by atoms with Crippen LogP contribution in [-0.4, -0.2) is 14.7 Å². The molecule has 0 aliphatic heterocycles. The molecule has 0 aliphatic rings. The molecule has 1 N–H and O–H groups in total. The first-order valence-electron chi connectivity index (χ1n) is 6.88. The molecule has 0 amide bonds. The maximum Gasteiger partial charge on any atom is 0.155 e. The number of halogens is 3. The fourth-order valence-electron chi connectivity index (χ4n) is 2.51. The Morgan fingerprint density at radius 3 is 2.17 bits per heavy atom. The molecule has 3 aromatic rings. The van der Waals surface area contributed by atoms with Crippen LogP contribution in [-0.2, 0) is 0 Å². The smallest absolute Gasteiger partial charge is 0.155 e. The largest absolute Gasteiger partial charge is 0.508 e. The van der Waals surface area contributed by atoms with Crippen molar-refractivity contribution < 1.29 is 13.9 Å². The van der Waals surface area contributed by atoms with E-state index >= 15 is 0 Å². The summed E-state index contributed by atoms with van der Waals surface area (Å²) >= 11 is 6.12. The van der Waals surface area contributed by atoms with E-state index in [-0.39, 0.29) is 16.4 Å². The number of aromatic hydroxyl groups is 1. The van der Waals surface area contributed by atoms with Crippen LogP contribution < -0.4 is 0 Å². The molecule has 6 heteroatoms. The SMILES string of the molecule is Cc1ccc(-n2c(C)nc(Cl)c2-c2c(F)cc(O)cc2F)cc1. The lowest BCUT2D eigenvalue weighted by molar-refractivity contribution is 0.461. The normalized spacial score (nSPS) is 11.0. The average Bonchev–Trinajstić information content (AvgIpc) is 2.74. The molecule has 0 spiro atoms. The number of aromatic nitrogens is 2. The predicted octanol–water partition coefficient (Wildman–Crippen LogP) is 4.79. The third-order valence-electron chi connectivity index (χ3n) is 3.56. The van der Waals surface area contributed by atoms with Crippen LogP contribution in [0.25, 0.3) is 16.9 Å². The lowest BCUT2D eigenvalue weighted by Gasteiger charge is -2.13. The fourth-order valence-corrected chi connectivity index (χ4v) is 2.81. The summed E-state index contributed by atoms with van der Waals surface area (Å²) in [5.74, 6) is -1.80. The van der Waals surface area contributed by atoms with Gasteiger partial charge < -0.3 is 5.11 Å². The monoisotopic (exact) mass is 334 g/mol. The van der Waals surface area contributed by atoms with Crippen molar-refractivity contribution in [2.75, 3.05) is 0 Å². The average molecular weight is 335 g/mol. The van der Waals surface area contributed by atoms with Gasteiger partial charge in [0, 0.05) is 17.8 Å². The first kappa shape index (κ1) is 15.5. The molecule has 0 fully saturated rings. The minimum atomic E-state index is -0.905. The van der Waals surface area contributed by atoms with Gasteiger partial charge in [-0.2, -0.15) is 0 Å². The van der Waals surface area contributed by atoms with Crippen molar-refractivity contribution in [1.82, 2.24) is 9.55 Å². The van der Waals surface area contributed by atoms with Gasteiger partial charge in [0.25, 0.3) is 0 Å². The van der Waals surface area contributed by atoms with E-state index in [4.69, 9.17) is 11.6 Å². The number of benzene rings is 2. The van der Waals surface area contributed by atoms with Crippen LogP contribution in [0.1, 0.15) is 11.4 Å². The van der Waals surface area contributed by atoms with E-state index in [2.05, 4.69) is 4.98 Å². The van der Waals surface area contributed by atoms with Gasteiger partial charge in [0.05, 0.1) is 11.3 Å². The molecule has 118 valence electrons. The van der Waals surface area contributed by atoms with Crippen LogP contribution in [0, 0.1) is 25.5 Å². The predicted molar refractivity (Wildman–Crippen MR) is 85.1 cm³/mol. The number of aryl methyl sites for hydroxylation is 2. The van der Waals surface area contributed by atoms with E-state index in [9.17, 15) is 13.9 Å². The number of imidazole rings is 1. The van der Waals surface area contributed by atoms with Crippen LogP contribution in [0.5, 0.6) is 5.75 Å². The molecular weight excluding hydrogens is 322 g/mol. The molecule has 0 aliphatic carbocycles. The van der Waals surface area contributed by atoms with E-state index in [0.29, 0.717) is 11.5 Å². The lowest BCUT2D eigenvalue weighted by atomic mass is 10.1. The number of phenols is 1. The maximum atomic E-state index is 14.2. The summed E-state index contributed by atoms with van der Waals surface area (Å²) in [6.45, 7) is 3.64. The highest BCUT2D eigenvalue weighted by molar-refractivity contribution is 6.32. The third-order valence-corrected chi connectivity index (χ3v) is 3.82. The summed E-state index contributed by atoms with van der Waals surface area (Å²) in [7, 11) is 0. The van der Waals surface area contributed by atoms with Crippen molar-refractivity contribution in [3.05, 3.63) is 64.6 Å². The standard InChI is InChI=1S/C17H13ClF2N2O/c1-9-3-5-11(6-4-9)22-10(2)21-17(18)16(22)15-13(19)7-12(23)8-14(15)20/h3-8,23H,1-2H3. The minimum absolute atomic E-state index is 0.00781. The molecule has 1 heterocycles. The summed E-state index contributed by atoms with van der Waals surface area (Å²) in [4.78, 5) is 4.12. The summed E-state index contributed by atoms with van der Waals surface area (Å²) in [5, 5.41) is 9.31. The Morgan fingerprint density at radius 1 is 1.04 bits per heavy atom. The van der Waals surface area contributed by atoms with E-state index in [1.807, 2.05) is 31.2 Å². The fraction of sp³-hybridized carbons (Fsp3) is 0.118. The van der Waals surface area contributed by atoms with E-state index in [1.165, 1.54) is 0 Å². The zero-order valence-corrected chi connectivity index (χ0v) is 13.2. The van der Waals surface area contributed by atoms with Gasteiger partial charge in [0.1, 0.15) is 23.2 Å². The highest BCUT2D eigenvalue weighted by Gasteiger charge is 2.23. The zero-order chi connectivity index (χ0) is 16.7. The number of hydrogen-bond acceptors (Lipinski definition) is 2. The van der Waals surface area contributed by atoms with Gasteiger partial charge in [-0.1, -0.05) is 29.3 Å². The van der Waals surface area contributed by atoms with E-state index in [1.54, 1.807) is 11.5 Å². The minimum Gasteiger partial charge on any atom is -0.508 e. The van der Waals surface area contributed by atoms with Gasteiger partial charge in [0.15, 0.2) is 5.15 Å². The van der Waals surface area contributed by atoms with Gasteiger partial charge >= 0.3 is 0 Å². The van der Waals surface area contributed by atoms with E-state index < -0.39 is 17.4 Å². The molecule has 0 saturated heterocycles. The van der Waals surface area contributed by atoms with Gasteiger partial charge in [-0.25, -0.2) is 13.8 Å². The van der Waals surface area contributed by atoms with Crippen LogP contribution in [0.15, 0.2) is 36.4 Å². The Balaban J connectivity index is 2.32. The molecule has 0 radical (unpaired) electrons. The number of rotatable bonds is 2. The lowest BCUT2D eigenvalue weighted by Crippen LogP contribution is -2.02. The molecule has 0 unspecified atom stereocenters. The van der Waals surface area contributed by atoms with E-state index in [0.717, 1.165) is 17.7 Å². The van der Waals surface area contributed by atoms with Crippen molar-refractivity contribution in [1.29, 1.82) is 0 Å². The molecule has 0 bridgehead atoms. The van der Waals surface area contributed by atoms with Crippen LogP contribution >= 0.6 is 11.6 Å². The number of hydrogen-bond donors (Lipinski definition) is 1. The molecule has 0 atom stereocenters. The van der Waals surface area contributed by atoms with Gasteiger partial charge in [0.2, 0.25) is 0 Å². The molecule has 3 rings (SSSR count). The Labute approximate surface area is 136 Å². The highest BCUT2D eigenvalue weighted by Crippen LogP contribution is 2.36. The Morgan fingerprint density at radius 2 is 1.61 bits per heavy atom. The Hall–Kier alpha value is -2.40. The number of nitrogens with zero attached hydrogens (tertiary/aromatic N) is 2. The molecule has 23 heavy (non-hydrogen) atoms. The van der Waals surface area contributed by atoms with Crippen molar-refractivity contribution in [3.63, 3.8) is 0 Å². The molecule has 2 aromatic carbocycles. The summed E-state index contributed by atoms with van der Waals surface area (Å²) in [5.41, 5.74) is 1.53. The summed E-state index contributed by atoms with van der Waals surface area (Å²) < 4.78 is 30.1. The molecular formula is C17H13ClF2N2O. The van der Waals surface area contributed by atoms with Crippen LogP contribution in [0.3, 0.4) is 0 Å². The first-order chi connectivity index (χ1) is 10.9. The molecule has 3 nitrogen and oxygen atoms in total.